The van der Waals surface area contributed by atoms with Crippen LogP contribution in [0, 0.1) is 17.1 Å². The number of benzene rings is 2. The van der Waals surface area contributed by atoms with Gasteiger partial charge in [-0.25, -0.2) is 9.37 Å². The Hall–Kier alpha value is -2.10. The molecule has 0 saturated heterocycles. The summed E-state index contributed by atoms with van der Waals surface area (Å²) in [7, 11) is 0. The monoisotopic (exact) mass is 315 g/mol. The first kappa shape index (κ1) is 13.9. The van der Waals surface area contributed by atoms with Crippen molar-refractivity contribution in [2.45, 2.75) is 10.1 Å². The van der Waals surface area contributed by atoms with Crippen molar-refractivity contribution < 1.29 is 4.39 Å². The lowest BCUT2D eigenvalue weighted by molar-refractivity contribution is 0.623. The third-order valence-electron chi connectivity index (χ3n) is 2.91. The van der Waals surface area contributed by atoms with Gasteiger partial charge in [-0.15, -0.1) is 11.3 Å². The van der Waals surface area contributed by atoms with Gasteiger partial charge in [-0.1, -0.05) is 17.8 Å². The van der Waals surface area contributed by atoms with Crippen molar-refractivity contribution in [1.82, 2.24) is 4.98 Å². The highest BCUT2D eigenvalue weighted by Crippen LogP contribution is 2.32. The van der Waals surface area contributed by atoms with Crippen molar-refractivity contribution in [2.24, 2.45) is 0 Å². The number of thioether (sulfide) groups is 1. The number of nitrogen functional groups attached to an aromatic ring is 1. The molecule has 0 atom stereocenters. The molecule has 1 heterocycles. The van der Waals surface area contributed by atoms with Gasteiger partial charge in [0.2, 0.25) is 0 Å². The molecule has 0 fully saturated rings. The number of nitriles is 1. The second-order valence-electron chi connectivity index (χ2n) is 4.42. The summed E-state index contributed by atoms with van der Waals surface area (Å²) in [4.78, 5) is 4.52. The third kappa shape index (κ3) is 2.99. The molecule has 1 aromatic heterocycles. The summed E-state index contributed by atoms with van der Waals surface area (Å²) < 4.78 is 15.2. The Balaban J connectivity index is 1.78. The minimum Gasteiger partial charge on any atom is -0.399 e. The molecule has 0 bridgehead atoms. The summed E-state index contributed by atoms with van der Waals surface area (Å²) in [5.41, 5.74) is 8.37. The average Bonchev–Trinajstić information content (AvgIpc) is 2.88. The van der Waals surface area contributed by atoms with Crippen LogP contribution in [0.2, 0.25) is 0 Å². The second-order valence-corrected chi connectivity index (χ2v) is 6.67. The number of anilines is 1. The molecule has 6 heteroatoms. The standard InChI is InChI=1S/C15H10FN3S2/c16-12-3-1-9(5-10(12)7-17)8-20-15-19-13-4-2-11(18)6-14(13)21-15/h1-6H,8,18H2. The predicted molar refractivity (Wildman–Crippen MR) is 84.7 cm³/mol. The lowest BCUT2D eigenvalue weighted by Crippen LogP contribution is -1.87. The Morgan fingerprint density at radius 2 is 2.14 bits per heavy atom. The van der Waals surface area contributed by atoms with Crippen LogP contribution in [0.1, 0.15) is 11.1 Å². The van der Waals surface area contributed by atoms with Gasteiger partial charge >= 0.3 is 0 Å². The summed E-state index contributed by atoms with van der Waals surface area (Å²) in [5, 5.41) is 8.83. The molecule has 2 aromatic carbocycles. The number of halogens is 1. The molecule has 2 N–H and O–H groups in total. The molecule has 0 radical (unpaired) electrons. The van der Waals surface area contributed by atoms with Gasteiger partial charge in [-0.2, -0.15) is 5.26 Å². The number of hydrogen-bond acceptors (Lipinski definition) is 5. The molecule has 0 unspecified atom stereocenters. The van der Waals surface area contributed by atoms with Gasteiger partial charge in [0.05, 0.1) is 15.8 Å². The number of aromatic nitrogens is 1. The predicted octanol–water partition coefficient (Wildman–Crippen LogP) is 4.18. The van der Waals surface area contributed by atoms with Crippen molar-refractivity contribution in [3.8, 4) is 6.07 Å². The fraction of sp³-hybridized carbons (Fsp3) is 0.0667. The zero-order chi connectivity index (χ0) is 14.8. The molecule has 3 nitrogen and oxygen atoms in total. The van der Waals surface area contributed by atoms with Crippen molar-refractivity contribution in [3.63, 3.8) is 0 Å². The topological polar surface area (TPSA) is 62.7 Å². The first-order valence-corrected chi connectivity index (χ1v) is 7.93. The van der Waals surface area contributed by atoms with Gasteiger partial charge in [0, 0.05) is 11.4 Å². The van der Waals surface area contributed by atoms with Crippen LogP contribution in [-0.2, 0) is 5.75 Å². The van der Waals surface area contributed by atoms with Crippen LogP contribution in [0.5, 0.6) is 0 Å². The Kier molecular flexibility index (Phi) is 3.78. The maximum Gasteiger partial charge on any atom is 0.151 e. The van der Waals surface area contributed by atoms with Gasteiger partial charge in [0.25, 0.3) is 0 Å². The largest absolute Gasteiger partial charge is 0.399 e. The summed E-state index contributed by atoms with van der Waals surface area (Å²) in [6.45, 7) is 0. The molecule has 3 rings (SSSR count). The van der Waals surface area contributed by atoms with E-state index in [1.54, 1.807) is 35.2 Å². The number of hydrogen-bond donors (Lipinski definition) is 1. The molecule has 0 aliphatic carbocycles. The first-order chi connectivity index (χ1) is 10.2. The van der Waals surface area contributed by atoms with Crippen molar-refractivity contribution >= 4 is 39.0 Å². The maximum atomic E-state index is 13.3. The zero-order valence-corrected chi connectivity index (χ0v) is 12.5. The summed E-state index contributed by atoms with van der Waals surface area (Å²) in [5.74, 6) is 0.159. The Bertz CT molecular complexity index is 852. The van der Waals surface area contributed by atoms with Gasteiger partial charge in [0.1, 0.15) is 11.9 Å². The van der Waals surface area contributed by atoms with Crippen LogP contribution in [-0.4, -0.2) is 4.98 Å². The van der Waals surface area contributed by atoms with Crippen LogP contribution < -0.4 is 5.73 Å². The molecule has 0 spiro atoms. The quantitative estimate of drug-likeness (QED) is 0.581. The number of thiazole rings is 1. The fourth-order valence-corrected chi connectivity index (χ4v) is 3.93. The van der Waals surface area contributed by atoms with E-state index in [9.17, 15) is 4.39 Å². The molecular weight excluding hydrogens is 305 g/mol. The van der Waals surface area contributed by atoms with Crippen LogP contribution in [0.25, 0.3) is 10.2 Å². The maximum absolute atomic E-state index is 13.3. The van der Waals surface area contributed by atoms with E-state index < -0.39 is 5.82 Å². The Morgan fingerprint density at radius 3 is 2.95 bits per heavy atom. The number of rotatable bonds is 3. The number of fused-ring (bicyclic) bond motifs is 1. The minimum absolute atomic E-state index is 0.0742. The summed E-state index contributed by atoms with van der Waals surface area (Å²) >= 11 is 3.14. The Labute approximate surface area is 129 Å². The zero-order valence-electron chi connectivity index (χ0n) is 10.8. The smallest absolute Gasteiger partial charge is 0.151 e. The molecule has 0 saturated carbocycles. The molecule has 104 valence electrons. The lowest BCUT2D eigenvalue weighted by Gasteiger charge is -2.00. The summed E-state index contributed by atoms with van der Waals surface area (Å²) in [6, 6.07) is 12.1. The lowest BCUT2D eigenvalue weighted by atomic mass is 10.1. The second kappa shape index (κ2) is 5.72. The molecule has 0 amide bonds. The van der Waals surface area contributed by atoms with Crippen LogP contribution in [0.15, 0.2) is 40.7 Å². The van der Waals surface area contributed by atoms with E-state index >= 15 is 0 Å². The van der Waals surface area contributed by atoms with E-state index in [4.69, 9.17) is 11.0 Å². The highest BCUT2D eigenvalue weighted by atomic mass is 32.2. The first-order valence-electron chi connectivity index (χ1n) is 6.13. The molecular formula is C15H10FN3S2. The third-order valence-corrected chi connectivity index (χ3v) is 5.14. The van der Waals surface area contributed by atoms with Gasteiger partial charge in [-0.3, -0.25) is 0 Å². The van der Waals surface area contributed by atoms with Gasteiger partial charge in [-0.05, 0) is 35.9 Å². The fourth-order valence-electron chi connectivity index (χ4n) is 1.87. The van der Waals surface area contributed by atoms with E-state index in [-0.39, 0.29) is 5.56 Å². The van der Waals surface area contributed by atoms with E-state index in [1.165, 1.54) is 6.07 Å². The van der Waals surface area contributed by atoms with Crippen molar-refractivity contribution in [3.05, 3.63) is 53.3 Å². The minimum atomic E-state index is -0.485. The molecule has 0 aliphatic heterocycles. The average molecular weight is 315 g/mol. The molecule has 0 aliphatic rings. The van der Waals surface area contributed by atoms with Crippen LogP contribution >= 0.6 is 23.1 Å². The summed E-state index contributed by atoms with van der Waals surface area (Å²) in [6.07, 6.45) is 0. The normalized spacial score (nSPS) is 10.7. The van der Waals surface area contributed by atoms with Gasteiger partial charge in [0.15, 0.2) is 4.34 Å². The number of nitrogens with two attached hydrogens (primary N) is 1. The molecule has 21 heavy (non-hydrogen) atoms. The Morgan fingerprint density at radius 1 is 1.29 bits per heavy atom. The van der Waals surface area contributed by atoms with E-state index in [2.05, 4.69) is 4.98 Å². The SMILES string of the molecule is N#Cc1cc(CSc2nc3ccc(N)cc3s2)ccc1F. The van der Waals surface area contributed by atoms with E-state index in [1.807, 2.05) is 24.3 Å². The van der Waals surface area contributed by atoms with Crippen molar-refractivity contribution in [1.29, 1.82) is 5.26 Å². The van der Waals surface area contributed by atoms with Gasteiger partial charge < -0.3 is 5.73 Å². The molecule has 3 aromatic rings. The van der Waals surface area contributed by atoms with Crippen LogP contribution in [0.3, 0.4) is 0 Å². The highest BCUT2D eigenvalue weighted by molar-refractivity contribution is 8.00. The van der Waals surface area contributed by atoms with E-state index in [0.717, 1.165) is 25.8 Å². The van der Waals surface area contributed by atoms with Crippen molar-refractivity contribution in [2.75, 3.05) is 5.73 Å². The number of nitrogens with zero attached hydrogens (tertiary/aromatic N) is 2. The van der Waals surface area contributed by atoms with E-state index in [0.29, 0.717) is 5.75 Å². The highest BCUT2D eigenvalue weighted by Gasteiger charge is 2.07. The van der Waals surface area contributed by atoms with Crippen LogP contribution in [0.4, 0.5) is 10.1 Å².